The quantitative estimate of drug-likeness (QED) is 0.621. The third-order valence-corrected chi connectivity index (χ3v) is 6.28. The van der Waals surface area contributed by atoms with Crippen LogP contribution in [0.1, 0.15) is 29.9 Å². The zero-order chi connectivity index (χ0) is 22.7. The van der Waals surface area contributed by atoms with Gasteiger partial charge in [-0.1, -0.05) is 54.6 Å². The number of aliphatic carboxylic acids is 1. The van der Waals surface area contributed by atoms with E-state index in [0.29, 0.717) is 6.42 Å². The Balaban J connectivity index is 1.24. The minimum Gasteiger partial charge on any atom is -0.481 e. The van der Waals surface area contributed by atoms with Gasteiger partial charge in [0.2, 0.25) is 5.91 Å². The maximum absolute atomic E-state index is 12.3. The molecule has 2 aromatic carbocycles. The lowest BCUT2D eigenvalue weighted by Crippen LogP contribution is -2.62. The van der Waals surface area contributed by atoms with Crippen LogP contribution in [0.15, 0.2) is 61.2 Å². The molecular formula is C25H26N2O5. The van der Waals surface area contributed by atoms with Crippen molar-refractivity contribution < 1.29 is 24.2 Å². The number of ether oxygens (including phenoxy) is 1. The number of likely N-dealkylation sites (tertiary alicyclic amines) is 1. The number of carbonyl (C=O) groups is 3. The highest BCUT2D eigenvalue weighted by molar-refractivity contribution is 5.84. The lowest BCUT2D eigenvalue weighted by Gasteiger charge is -2.46. The standard InChI is InChI=1S/C25H26N2O5/c1-2-12-25(23(29)30)15-27(16-25)22(28)11-13-26-24(31)32-14-21-19-9-5-3-7-17(19)18-8-4-6-10-20(18)21/h2-10,21H,1,11-16H2,(H,26,31)(H,29,30). The molecule has 2 amide bonds. The van der Waals surface area contributed by atoms with Crippen molar-refractivity contribution in [2.24, 2.45) is 5.41 Å². The van der Waals surface area contributed by atoms with Crippen LogP contribution in [0.2, 0.25) is 0 Å². The molecule has 7 nitrogen and oxygen atoms in total. The summed E-state index contributed by atoms with van der Waals surface area (Å²) in [5, 5.41) is 12.0. The molecule has 32 heavy (non-hydrogen) atoms. The van der Waals surface area contributed by atoms with Crippen LogP contribution in [0.25, 0.3) is 11.1 Å². The molecule has 0 radical (unpaired) electrons. The van der Waals surface area contributed by atoms with E-state index in [0.717, 1.165) is 22.3 Å². The monoisotopic (exact) mass is 434 g/mol. The zero-order valence-electron chi connectivity index (χ0n) is 17.8. The second-order valence-corrected chi connectivity index (χ2v) is 8.33. The second-order valence-electron chi connectivity index (χ2n) is 8.33. The SMILES string of the molecule is C=CCC1(C(=O)O)CN(C(=O)CCNC(=O)OCC2c3ccccc3-c3ccccc32)C1. The van der Waals surface area contributed by atoms with Gasteiger partial charge in [-0.2, -0.15) is 0 Å². The normalized spacial score (nSPS) is 15.8. The number of hydrogen-bond acceptors (Lipinski definition) is 4. The molecule has 0 bridgehead atoms. The van der Waals surface area contributed by atoms with Crippen molar-refractivity contribution >= 4 is 18.0 Å². The van der Waals surface area contributed by atoms with E-state index in [9.17, 15) is 19.5 Å². The molecule has 0 unspecified atom stereocenters. The Bertz CT molecular complexity index is 1010. The van der Waals surface area contributed by atoms with Crippen LogP contribution >= 0.6 is 0 Å². The van der Waals surface area contributed by atoms with Crippen LogP contribution in [0.5, 0.6) is 0 Å². The van der Waals surface area contributed by atoms with Gasteiger partial charge in [0.1, 0.15) is 12.0 Å². The van der Waals surface area contributed by atoms with Crippen LogP contribution in [-0.2, 0) is 14.3 Å². The molecule has 1 saturated heterocycles. The van der Waals surface area contributed by atoms with Gasteiger partial charge in [0.05, 0.1) is 0 Å². The number of hydrogen-bond donors (Lipinski definition) is 2. The summed E-state index contributed by atoms with van der Waals surface area (Å²) in [6.07, 6.45) is 1.40. The Morgan fingerprint density at radius 3 is 2.25 bits per heavy atom. The summed E-state index contributed by atoms with van der Waals surface area (Å²) in [5.41, 5.74) is 3.65. The van der Waals surface area contributed by atoms with E-state index in [1.54, 1.807) is 6.08 Å². The topological polar surface area (TPSA) is 95.9 Å². The van der Waals surface area contributed by atoms with Gasteiger partial charge >= 0.3 is 12.1 Å². The molecular weight excluding hydrogens is 408 g/mol. The number of carboxylic acid groups (broad SMARTS) is 1. The largest absolute Gasteiger partial charge is 0.481 e. The minimum absolute atomic E-state index is 0.0233. The number of nitrogens with zero attached hydrogens (tertiary/aromatic N) is 1. The van der Waals surface area contributed by atoms with E-state index in [1.165, 1.54) is 4.90 Å². The van der Waals surface area contributed by atoms with Crippen LogP contribution in [0.4, 0.5) is 4.79 Å². The van der Waals surface area contributed by atoms with Crippen LogP contribution in [0, 0.1) is 5.41 Å². The first-order valence-electron chi connectivity index (χ1n) is 10.7. The summed E-state index contributed by atoms with van der Waals surface area (Å²) in [6.45, 7) is 4.26. The lowest BCUT2D eigenvalue weighted by molar-refractivity contribution is -0.165. The number of amides is 2. The smallest absolute Gasteiger partial charge is 0.407 e. The number of alkyl carbamates (subject to hydrolysis) is 1. The van der Waals surface area contributed by atoms with E-state index >= 15 is 0 Å². The van der Waals surface area contributed by atoms with Gasteiger partial charge in [-0.25, -0.2) is 4.79 Å². The average molecular weight is 434 g/mol. The third-order valence-electron chi connectivity index (χ3n) is 6.28. The molecule has 0 spiro atoms. The molecule has 7 heteroatoms. The highest BCUT2D eigenvalue weighted by Gasteiger charge is 2.50. The summed E-state index contributed by atoms with van der Waals surface area (Å²) in [5.74, 6) is -1.13. The third kappa shape index (κ3) is 3.98. The van der Waals surface area contributed by atoms with Crippen LogP contribution < -0.4 is 5.32 Å². The van der Waals surface area contributed by atoms with Gasteiger partial charge in [0.15, 0.2) is 0 Å². The van der Waals surface area contributed by atoms with E-state index in [2.05, 4.69) is 36.2 Å². The molecule has 166 valence electrons. The Labute approximate surface area is 186 Å². The molecule has 0 aromatic heterocycles. The first-order valence-corrected chi connectivity index (χ1v) is 10.7. The maximum Gasteiger partial charge on any atom is 0.407 e. The number of allylic oxidation sites excluding steroid dienone is 1. The predicted molar refractivity (Wildman–Crippen MR) is 119 cm³/mol. The van der Waals surface area contributed by atoms with Crippen molar-refractivity contribution in [3.8, 4) is 11.1 Å². The number of nitrogens with one attached hydrogen (secondary N) is 1. The molecule has 1 aliphatic heterocycles. The number of fused-ring (bicyclic) bond motifs is 3. The summed E-state index contributed by atoms with van der Waals surface area (Å²) >= 11 is 0. The molecule has 0 atom stereocenters. The molecule has 2 aliphatic rings. The first-order chi connectivity index (χ1) is 15.4. The fourth-order valence-corrected chi connectivity index (χ4v) is 4.57. The highest BCUT2D eigenvalue weighted by atomic mass is 16.5. The van der Waals surface area contributed by atoms with Crippen molar-refractivity contribution in [3.63, 3.8) is 0 Å². The lowest BCUT2D eigenvalue weighted by atomic mass is 9.76. The summed E-state index contributed by atoms with van der Waals surface area (Å²) < 4.78 is 5.46. The van der Waals surface area contributed by atoms with Gasteiger partial charge in [-0.15, -0.1) is 6.58 Å². The minimum atomic E-state index is -0.933. The number of rotatable bonds is 8. The predicted octanol–water partition coefficient (Wildman–Crippen LogP) is 3.40. The van der Waals surface area contributed by atoms with Crippen LogP contribution in [0.3, 0.4) is 0 Å². The van der Waals surface area contributed by atoms with Crippen LogP contribution in [-0.4, -0.2) is 54.2 Å². The van der Waals surface area contributed by atoms with Crippen molar-refractivity contribution in [1.82, 2.24) is 10.2 Å². The Hall–Kier alpha value is -3.61. The van der Waals surface area contributed by atoms with Gasteiger partial charge < -0.3 is 20.1 Å². The van der Waals surface area contributed by atoms with Gasteiger partial charge in [-0.05, 0) is 28.7 Å². The maximum atomic E-state index is 12.3. The second kappa shape index (κ2) is 8.86. The molecule has 2 N–H and O–H groups in total. The fraction of sp³-hybridized carbons (Fsp3) is 0.320. The molecule has 1 heterocycles. The van der Waals surface area contributed by atoms with E-state index in [-0.39, 0.29) is 44.5 Å². The molecule has 1 fully saturated rings. The van der Waals surface area contributed by atoms with E-state index in [4.69, 9.17) is 4.74 Å². The zero-order valence-corrected chi connectivity index (χ0v) is 17.8. The van der Waals surface area contributed by atoms with Crippen molar-refractivity contribution in [3.05, 3.63) is 72.3 Å². The Morgan fingerprint density at radius 1 is 1.09 bits per heavy atom. The van der Waals surface area contributed by atoms with Crippen molar-refractivity contribution in [2.45, 2.75) is 18.8 Å². The van der Waals surface area contributed by atoms with Crippen molar-refractivity contribution in [2.75, 3.05) is 26.2 Å². The average Bonchev–Trinajstić information content (AvgIpc) is 3.08. The molecule has 1 aliphatic carbocycles. The highest BCUT2D eigenvalue weighted by Crippen LogP contribution is 2.44. The summed E-state index contributed by atoms with van der Waals surface area (Å²) in [4.78, 5) is 37.4. The van der Waals surface area contributed by atoms with Gasteiger partial charge in [0, 0.05) is 32.0 Å². The fourth-order valence-electron chi connectivity index (χ4n) is 4.57. The summed E-state index contributed by atoms with van der Waals surface area (Å²) in [7, 11) is 0. The Morgan fingerprint density at radius 2 is 1.69 bits per heavy atom. The molecule has 0 saturated carbocycles. The van der Waals surface area contributed by atoms with Crippen molar-refractivity contribution in [1.29, 1.82) is 0 Å². The number of carbonyl (C=O) groups excluding carboxylic acids is 2. The number of carboxylic acids is 1. The summed E-state index contributed by atoms with van der Waals surface area (Å²) in [6, 6.07) is 16.2. The Kier molecular flexibility index (Phi) is 5.99. The van der Waals surface area contributed by atoms with E-state index < -0.39 is 17.5 Å². The van der Waals surface area contributed by atoms with Gasteiger partial charge in [0.25, 0.3) is 0 Å². The first kappa shape index (κ1) is 21.6. The van der Waals surface area contributed by atoms with Gasteiger partial charge in [-0.3, -0.25) is 9.59 Å². The molecule has 4 rings (SSSR count). The van der Waals surface area contributed by atoms with E-state index in [1.807, 2.05) is 24.3 Å². The number of benzene rings is 2. The molecule has 2 aromatic rings.